The molecule has 5 heteroatoms. The Balaban J connectivity index is 2.07. The standard InChI is InChI=1S/C19H20ClNO3/c1-13(17-12-16(23-2)9-10-18(17)24-3)21-19(22)11-6-14-4-7-15(20)8-5-14/h4-13H,1-3H3,(H,21,22)/b11-6+/t13-/m1/s1. The summed E-state index contributed by atoms with van der Waals surface area (Å²) < 4.78 is 10.6. The maximum absolute atomic E-state index is 12.1. The average Bonchev–Trinajstić information content (AvgIpc) is 2.60. The van der Waals surface area contributed by atoms with Gasteiger partial charge in [-0.2, -0.15) is 0 Å². The summed E-state index contributed by atoms with van der Waals surface area (Å²) in [7, 11) is 3.20. The summed E-state index contributed by atoms with van der Waals surface area (Å²) in [4.78, 5) is 12.1. The third-order valence-corrected chi connectivity index (χ3v) is 3.81. The number of carbonyl (C=O) groups is 1. The molecule has 0 bridgehead atoms. The van der Waals surface area contributed by atoms with Crippen LogP contribution in [0.5, 0.6) is 11.5 Å². The van der Waals surface area contributed by atoms with Crippen LogP contribution in [0.25, 0.3) is 6.08 Å². The van der Waals surface area contributed by atoms with Gasteiger partial charge in [0.15, 0.2) is 0 Å². The van der Waals surface area contributed by atoms with Crippen LogP contribution in [0, 0.1) is 0 Å². The van der Waals surface area contributed by atoms with Crippen molar-refractivity contribution in [3.63, 3.8) is 0 Å². The van der Waals surface area contributed by atoms with E-state index in [4.69, 9.17) is 21.1 Å². The molecule has 0 heterocycles. The van der Waals surface area contributed by atoms with Gasteiger partial charge in [0.1, 0.15) is 11.5 Å². The van der Waals surface area contributed by atoms with Gasteiger partial charge in [-0.15, -0.1) is 0 Å². The minimum absolute atomic E-state index is 0.192. The predicted molar refractivity (Wildman–Crippen MR) is 96.6 cm³/mol. The first-order chi connectivity index (χ1) is 11.5. The van der Waals surface area contributed by atoms with E-state index in [2.05, 4.69) is 5.32 Å². The van der Waals surface area contributed by atoms with Gasteiger partial charge in [-0.05, 0) is 48.9 Å². The number of amides is 1. The lowest BCUT2D eigenvalue weighted by Gasteiger charge is -2.17. The Morgan fingerprint density at radius 2 is 1.83 bits per heavy atom. The van der Waals surface area contributed by atoms with E-state index in [1.807, 2.05) is 37.3 Å². The molecule has 0 aliphatic heterocycles. The maximum Gasteiger partial charge on any atom is 0.244 e. The van der Waals surface area contributed by atoms with Crippen LogP contribution >= 0.6 is 11.6 Å². The lowest BCUT2D eigenvalue weighted by molar-refractivity contribution is -0.117. The molecule has 0 spiro atoms. The number of benzene rings is 2. The highest BCUT2D eigenvalue weighted by molar-refractivity contribution is 6.30. The Morgan fingerprint density at radius 1 is 1.12 bits per heavy atom. The number of nitrogens with one attached hydrogen (secondary N) is 1. The normalized spacial score (nSPS) is 12.0. The zero-order chi connectivity index (χ0) is 17.5. The van der Waals surface area contributed by atoms with Crippen molar-refractivity contribution in [1.82, 2.24) is 5.32 Å². The highest BCUT2D eigenvalue weighted by atomic mass is 35.5. The van der Waals surface area contributed by atoms with Gasteiger partial charge < -0.3 is 14.8 Å². The van der Waals surface area contributed by atoms with E-state index in [1.165, 1.54) is 6.08 Å². The number of halogens is 1. The van der Waals surface area contributed by atoms with Crippen molar-refractivity contribution in [2.75, 3.05) is 14.2 Å². The molecule has 1 N–H and O–H groups in total. The lowest BCUT2D eigenvalue weighted by Crippen LogP contribution is -2.25. The molecule has 0 fully saturated rings. The zero-order valence-corrected chi connectivity index (χ0v) is 14.6. The van der Waals surface area contributed by atoms with E-state index in [0.717, 1.165) is 11.1 Å². The number of methoxy groups -OCH3 is 2. The van der Waals surface area contributed by atoms with Crippen LogP contribution in [0.4, 0.5) is 0 Å². The molecule has 0 saturated heterocycles. The largest absolute Gasteiger partial charge is 0.497 e. The van der Waals surface area contributed by atoms with Gasteiger partial charge in [-0.1, -0.05) is 23.7 Å². The quantitative estimate of drug-likeness (QED) is 0.796. The summed E-state index contributed by atoms with van der Waals surface area (Å²) in [5.74, 6) is 1.22. The van der Waals surface area contributed by atoms with Gasteiger partial charge in [0.2, 0.25) is 5.91 Å². The summed E-state index contributed by atoms with van der Waals surface area (Å²) in [6, 6.07) is 12.5. The van der Waals surface area contributed by atoms with Crippen LogP contribution in [-0.4, -0.2) is 20.1 Å². The van der Waals surface area contributed by atoms with Crippen molar-refractivity contribution in [3.8, 4) is 11.5 Å². The Bertz CT molecular complexity index is 726. The molecule has 2 rings (SSSR count). The summed E-state index contributed by atoms with van der Waals surface area (Å²) in [5, 5.41) is 3.58. The fraction of sp³-hybridized carbons (Fsp3) is 0.211. The van der Waals surface area contributed by atoms with Crippen LogP contribution in [0.3, 0.4) is 0 Å². The molecule has 2 aromatic rings. The number of ether oxygens (including phenoxy) is 2. The second-order valence-electron chi connectivity index (χ2n) is 5.22. The van der Waals surface area contributed by atoms with Crippen molar-refractivity contribution in [1.29, 1.82) is 0 Å². The van der Waals surface area contributed by atoms with E-state index in [-0.39, 0.29) is 11.9 Å². The van der Waals surface area contributed by atoms with Gasteiger partial charge >= 0.3 is 0 Å². The number of rotatable bonds is 6. The van der Waals surface area contributed by atoms with Crippen LogP contribution in [0.2, 0.25) is 5.02 Å². The highest BCUT2D eigenvalue weighted by Gasteiger charge is 2.14. The Labute approximate surface area is 147 Å². The molecule has 0 aliphatic rings. The Hall–Kier alpha value is -2.46. The molecule has 1 amide bonds. The summed E-state index contributed by atoms with van der Waals surface area (Å²) in [6.45, 7) is 1.89. The number of hydrogen-bond donors (Lipinski definition) is 1. The third-order valence-electron chi connectivity index (χ3n) is 3.56. The molecule has 2 aromatic carbocycles. The van der Waals surface area contributed by atoms with Crippen LogP contribution < -0.4 is 14.8 Å². The second kappa shape index (κ2) is 8.41. The SMILES string of the molecule is COc1ccc(OC)c([C@@H](C)NC(=O)/C=C/c2ccc(Cl)cc2)c1. The molecule has 24 heavy (non-hydrogen) atoms. The van der Waals surface area contributed by atoms with Gasteiger partial charge in [0.05, 0.1) is 20.3 Å². The summed E-state index contributed by atoms with van der Waals surface area (Å²) in [6.07, 6.45) is 3.23. The van der Waals surface area contributed by atoms with E-state index < -0.39 is 0 Å². The molecule has 1 atom stereocenters. The molecule has 126 valence electrons. The van der Waals surface area contributed by atoms with Crippen molar-refractivity contribution >= 4 is 23.6 Å². The lowest BCUT2D eigenvalue weighted by atomic mass is 10.1. The van der Waals surface area contributed by atoms with Crippen molar-refractivity contribution in [2.24, 2.45) is 0 Å². The van der Waals surface area contributed by atoms with Gasteiger partial charge in [-0.3, -0.25) is 4.79 Å². The second-order valence-corrected chi connectivity index (χ2v) is 5.66. The minimum atomic E-state index is -0.225. The molecule has 4 nitrogen and oxygen atoms in total. The van der Waals surface area contributed by atoms with Crippen molar-refractivity contribution in [2.45, 2.75) is 13.0 Å². The minimum Gasteiger partial charge on any atom is -0.497 e. The van der Waals surface area contributed by atoms with E-state index in [1.54, 1.807) is 32.4 Å². The monoisotopic (exact) mass is 345 g/mol. The first-order valence-electron chi connectivity index (χ1n) is 7.49. The first kappa shape index (κ1) is 17.9. The molecular formula is C19H20ClNO3. The summed E-state index contributed by atoms with van der Waals surface area (Å²) >= 11 is 5.84. The zero-order valence-electron chi connectivity index (χ0n) is 13.9. The van der Waals surface area contributed by atoms with Crippen molar-refractivity contribution in [3.05, 3.63) is 64.7 Å². The molecule has 0 radical (unpaired) electrons. The smallest absolute Gasteiger partial charge is 0.244 e. The van der Waals surface area contributed by atoms with Crippen LogP contribution in [0.15, 0.2) is 48.5 Å². The fourth-order valence-electron chi connectivity index (χ4n) is 2.26. The van der Waals surface area contributed by atoms with Gasteiger partial charge in [0.25, 0.3) is 0 Å². The van der Waals surface area contributed by atoms with Crippen LogP contribution in [0.1, 0.15) is 24.1 Å². The van der Waals surface area contributed by atoms with Crippen LogP contribution in [-0.2, 0) is 4.79 Å². The molecule has 0 aromatic heterocycles. The summed E-state index contributed by atoms with van der Waals surface area (Å²) in [5.41, 5.74) is 1.76. The first-order valence-corrected chi connectivity index (χ1v) is 7.87. The van der Waals surface area contributed by atoms with E-state index in [9.17, 15) is 4.79 Å². The van der Waals surface area contributed by atoms with Gasteiger partial charge in [-0.25, -0.2) is 0 Å². The Morgan fingerprint density at radius 3 is 2.46 bits per heavy atom. The molecule has 0 unspecified atom stereocenters. The highest BCUT2D eigenvalue weighted by Crippen LogP contribution is 2.29. The molecule has 0 saturated carbocycles. The third kappa shape index (κ3) is 4.77. The fourth-order valence-corrected chi connectivity index (χ4v) is 2.39. The molecular weight excluding hydrogens is 326 g/mol. The van der Waals surface area contributed by atoms with Crippen molar-refractivity contribution < 1.29 is 14.3 Å². The van der Waals surface area contributed by atoms with Gasteiger partial charge in [0, 0.05) is 16.7 Å². The van der Waals surface area contributed by atoms with E-state index in [0.29, 0.717) is 16.5 Å². The topological polar surface area (TPSA) is 47.6 Å². The number of hydrogen-bond acceptors (Lipinski definition) is 3. The Kier molecular flexibility index (Phi) is 6.27. The van der Waals surface area contributed by atoms with E-state index >= 15 is 0 Å². The molecule has 0 aliphatic carbocycles. The average molecular weight is 346 g/mol. The maximum atomic E-state index is 12.1. The predicted octanol–water partition coefficient (Wildman–Crippen LogP) is 4.25. The number of carbonyl (C=O) groups excluding carboxylic acids is 1.